The van der Waals surface area contributed by atoms with Crippen LogP contribution in [0.3, 0.4) is 0 Å². The van der Waals surface area contributed by atoms with Crippen LogP contribution in [0.25, 0.3) is 11.3 Å². The van der Waals surface area contributed by atoms with Gasteiger partial charge in [0.1, 0.15) is 0 Å². The van der Waals surface area contributed by atoms with Gasteiger partial charge in [0.05, 0.1) is 30.4 Å². The Morgan fingerprint density at radius 2 is 2.25 bits per heavy atom. The maximum Gasteiger partial charge on any atom is 0.0957 e. The molecular weight excluding hydrogens is 200 g/mol. The van der Waals surface area contributed by atoms with Gasteiger partial charge in [-0.3, -0.25) is 0 Å². The zero-order valence-corrected chi connectivity index (χ0v) is 9.17. The minimum Gasteiger partial charge on any atom is -0.391 e. The Labute approximate surface area is 94.4 Å². The van der Waals surface area contributed by atoms with Gasteiger partial charge in [-0.25, -0.2) is 4.98 Å². The van der Waals surface area contributed by atoms with E-state index in [1.807, 2.05) is 25.3 Å². The first kappa shape index (κ1) is 9.60. The van der Waals surface area contributed by atoms with Gasteiger partial charge in [-0.05, 0) is 12.0 Å². The van der Waals surface area contributed by atoms with Crippen molar-refractivity contribution in [2.24, 2.45) is 0 Å². The third-order valence-electron chi connectivity index (χ3n) is 3.30. The zero-order valence-electron chi connectivity index (χ0n) is 9.17. The van der Waals surface area contributed by atoms with Crippen LogP contribution >= 0.6 is 0 Å². The van der Waals surface area contributed by atoms with Crippen LogP contribution in [0.5, 0.6) is 0 Å². The summed E-state index contributed by atoms with van der Waals surface area (Å²) < 4.78 is 2.07. The van der Waals surface area contributed by atoms with Crippen LogP contribution in [0.15, 0.2) is 36.8 Å². The van der Waals surface area contributed by atoms with Gasteiger partial charge < -0.3 is 9.67 Å². The molecule has 0 fully saturated rings. The highest BCUT2D eigenvalue weighted by Gasteiger charge is 2.32. The first-order chi connectivity index (χ1) is 7.83. The van der Waals surface area contributed by atoms with Crippen LogP contribution < -0.4 is 0 Å². The minimum absolute atomic E-state index is 0.0266. The van der Waals surface area contributed by atoms with E-state index in [2.05, 4.69) is 21.7 Å². The Morgan fingerprint density at radius 3 is 3.06 bits per heavy atom. The van der Waals surface area contributed by atoms with Gasteiger partial charge in [0.2, 0.25) is 0 Å². The predicted octanol–water partition coefficient (Wildman–Crippen LogP) is 2.22. The lowest BCUT2D eigenvalue weighted by Crippen LogP contribution is -2.21. The van der Waals surface area contributed by atoms with Crippen molar-refractivity contribution in [2.45, 2.75) is 25.5 Å². The van der Waals surface area contributed by atoms with Gasteiger partial charge in [0.15, 0.2) is 0 Å². The number of benzene rings is 1. The number of hydrogen-bond donors (Lipinski definition) is 1. The molecule has 1 aliphatic rings. The van der Waals surface area contributed by atoms with Gasteiger partial charge in [-0.2, -0.15) is 0 Å². The molecule has 0 spiro atoms. The highest BCUT2D eigenvalue weighted by Crippen LogP contribution is 2.40. The van der Waals surface area contributed by atoms with E-state index in [1.54, 1.807) is 6.33 Å². The number of hydrogen-bond acceptors (Lipinski definition) is 2. The summed E-state index contributed by atoms with van der Waals surface area (Å²) in [6, 6.07) is 8.25. The monoisotopic (exact) mass is 214 g/mol. The van der Waals surface area contributed by atoms with Crippen LogP contribution in [0.2, 0.25) is 0 Å². The highest BCUT2D eigenvalue weighted by atomic mass is 16.3. The summed E-state index contributed by atoms with van der Waals surface area (Å²) in [6.45, 7) is 2.00. The second kappa shape index (κ2) is 3.46. The average Bonchev–Trinajstić information content (AvgIpc) is 2.87. The summed E-state index contributed by atoms with van der Waals surface area (Å²) in [7, 11) is 0. The first-order valence-electron chi connectivity index (χ1n) is 5.62. The molecule has 0 saturated heterocycles. The van der Waals surface area contributed by atoms with E-state index in [4.69, 9.17) is 0 Å². The van der Waals surface area contributed by atoms with Crippen LogP contribution in [0, 0.1) is 0 Å². The Morgan fingerprint density at radius 1 is 1.44 bits per heavy atom. The largest absolute Gasteiger partial charge is 0.391 e. The van der Waals surface area contributed by atoms with Crippen LogP contribution in [-0.4, -0.2) is 20.8 Å². The fraction of sp³-hybridized carbons (Fsp3) is 0.308. The summed E-state index contributed by atoms with van der Waals surface area (Å²) in [5, 5.41) is 10.1. The maximum absolute atomic E-state index is 10.1. The highest BCUT2D eigenvalue weighted by molar-refractivity contribution is 5.69. The first-order valence-corrected chi connectivity index (χ1v) is 5.62. The normalized spacial score (nSPS) is 19.2. The molecule has 16 heavy (non-hydrogen) atoms. The summed E-state index contributed by atoms with van der Waals surface area (Å²) in [4.78, 5) is 4.16. The van der Waals surface area contributed by atoms with Gasteiger partial charge >= 0.3 is 0 Å². The van der Waals surface area contributed by atoms with E-state index in [1.165, 1.54) is 11.1 Å². The van der Waals surface area contributed by atoms with Crippen molar-refractivity contribution >= 4 is 0 Å². The van der Waals surface area contributed by atoms with Crippen molar-refractivity contribution in [1.29, 1.82) is 0 Å². The molecule has 0 aliphatic carbocycles. The van der Waals surface area contributed by atoms with Crippen molar-refractivity contribution in [3.05, 3.63) is 42.4 Å². The molecule has 82 valence electrons. The molecule has 0 bridgehead atoms. The van der Waals surface area contributed by atoms with Gasteiger partial charge in [-0.15, -0.1) is 0 Å². The number of aromatic nitrogens is 2. The number of aliphatic hydroxyl groups excluding tert-OH is 1. The molecule has 0 saturated carbocycles. The molecule has 1 aliphatic heterocycles. The minimum atomic E-state index is -0.350. The lowest BCUT2D eigenvalue weighted by Gasteiger charge is -2.19. The summed E-state index contributed by atoms with van der Waals surface area (Å²) in [5.74, 6) is 0. The Hall–Kier alpha value is -1.61. The van der Waals surface area contributed by atoms with Crippen molar-refractivity contribution in [3.63, 3.8) is 0 Å². The SMILES string of the molecule is CC[C@@H](O)[C@H]1c2ccccc2-c2cncn21. The summed E-state index contributed by atoms with van der Waals surface area (Å²) in [5.41, 5.74) is 3.50. The third kappa shape index (κ3) is 1.15. The average molecular weight is 214 g/mol. The molecule has 2 atom stereocenters. The number of aliphatic hydroxyl groups is 1. The maximum atomic E-state index is 10.1. The van der Waals surface area contributed by atoms with Crippen molar-refractivity contribution in [1.82, 2.24) is 9.55 Å². The molecule has 2 aromatic rings. The molecule has 1 aromatic carbocycles. The topological polar surface area (TPSA) is 38.1 Å². The van der Waals surface area contributed by atoms with E-state index in [-0.39, 0.29) is 12.1 Å². The molecule has 3 heteroatoms. The predicted molar refractivity (Wildman–Crippen MR) is 62.1 cm³/mol. The van der Waals surface area contributed by atoms with Crippen LogP contribution in [0.1, 0.15) is 24.9 Å². The van der Waals surface area contributed by atoms with Crippen LogP contribution in [0.4, 0.5) is 0 Å². The lowest BCUT2D eigenvalue weighted by atomic mass is 9.98. The fourth-order valence-electron chi connectivity index (χ4n) is 2.49. The van der Waals surface area contributed by atoms with Crippen molar-refractivity contribution < 1.29 is 5.11 Å². The van der Waals surface area contributed by atoms with Crippen molar-refractivity contribution in [2.75, 3.05) is 0 Å². The Balaban J connectivity index is 2.21. The smallest absolute Gasteiger partial charge is 0.0957 e. The standard InChI is InChI=1S/C13H14N2O/c1-2-12(16)13-10-6-4-3-5-9(10)11-7-14-8-15(11)13/h3-8,12-13,16H,2H2,1H3/t12-,13-/m1/s1. The molecule has 1 N–H and O–H groups in total. The number of imidazole rings is 1. The Bertz CT molecular complexity index is 518. The van der Waals surface area contributed by atoms with E-state index in [0.717, 1.165) is 12.1 Å². The molecule has 1 aromatic heterocycles. The summed E-state index contributed by atoms with van der Waals surface area (Å²) >= 11 is 0. The third-order valence-corrected chi connectivity index (χ3v) is 3.30. The second-order valence-electron chi connectivity index (χ2n) is 4.19. The zero-order chi connectivity index (χ0) is 11.1. The fourth-order valence-corrected chi connectivity index (χ4v) is 2.49. The van der Waals surface area contributed by atoms with E-state index >= 15 is 0 Å². The molecule has 0 amide bonds. The quantitative estimate of drug-likeness (QED) is 0.832. The number of rotatable bonds is 2. The van der Waals surface area contributed by atoms with Crippen LogP contribution in [-0.2, 0) is 0 Å². The van der Waals surface area contributed by atoms with Gasteiger partial charge in [0.25, 0.3) is 0 Å². The van der Waals surface area contributed by atoms with E-state index in [0.29, 0.717) is 0 Å². The molecule has 3 nitrogen and oxygen atoms in total. The van der Waals surface area contributed by atoms with Gasteiger partial charge in [0, 0.05) is 5.56 Å². The number of nitrogens with zero attached hydrogens (tertiary/aromatic N) is 2. The summed E-state index contributed by atoms with van der Waals surface area (Å²) in [6.07, 6.45) is 4.06. The molecule has 3 rings (SSSR count). The van der Waals surface area contributed by atoms with E-state index in [9.17, 15) is 5.11 Å². The molecular formula is C13H14N2O. The second-order valence-corrected chi connectivity index (χ2v) is 4.19. The molecule has 0 radical (unpaired) electrons. The molecule has 2 heterocycles. The Kier molecular flexibility index (Phi) is 2.07. The lowest BCUT2D eigenvalue weighted by molar-refractivity contribution is 0.129. The molecule has 0 unspecified atom stereocenters. The van der Waals surface area contributed by atoms with Gasteiger partial charge in [-0.1, -0.05) is 31.2 Å². The number of fused-ring (bicyclic) bond motifs is 3. The van der Waals surface area contributed by atoms with Crippen molar-refractivity contribution in [3.8, 4) is 11.3 Å². The van der Waals surface area contributed by atoms with E-state index < -0.39 is 0 Å².